The van der Waals surface area contributed by atoms with Crippen LogP contribution in [0.3, 0.4) is 0 Å². The molecule has 0 amide bonds. The van der Waals surface area contributed by atoms with Crippen LogP contribution in [0.15, 0.2) is 77.8 Å². The lowest BCUT2D eigenvalue weighted by atomic mass is 9.94. The van der Waals surface area contributed by atoms with Gasteiger partial charge >= 0.3 is 0 Å². The number of rotatable bonds is 4. The second-order valence-corrected chi connectivity index (χ2v) is 6.70. The Kier molecular flexibility index (Phi) is 5.14. The van der Waals surface area contributed by atoms with Gasteiger partial charge in [0.05, 0.1) is 11.8 Å². The van der Waals surface area contributed by atoms with Crippen LogP contribution in [0.1, 0.15) is 46.3 Å². The molecule has 0 aliphatic carbocycles. The van der Waals surface area contributed by atoms with Crippen molar-refractivity contribution < 1.29 is 0 Å². The van der Waals surface area contributed by atoms with E-state index in [0.29, 0.717) is 0 Å². The largest absolute Gasteiger partial charge is 0.276 e. The lowest BCUT2D eigenvalue weighted by Gasteiger charge is -2.17. The third kappa shape index (κ3) is 3.88. The topological polar surface area (TPSA) is 12.4 Å². The van der Waals surface area contributed by atoms with E-state index in [9.17, 15) is 0 Å². The van der Waals surface area contributed by atoms with Crippen LogP contribution in [0.25, 0.3) is 0 Å². The maximum Gasteiger partial charge on any atom is 0.0733 e. The highest BCUT2D eigenvalue weighted by atomic mass is 14.8. The van der Waals surface area contributed by atoms with Gasteiger partial charge in [0.15, 0.2) is 0 Å². The molecule has 3 aromatic carbocycles. The van der Waals surface area contributed by atoms with Crippen molar-refractivity contribution in [2.45, 2.75) is 33.7 Å². The van der Waals surface area contributed by atoms with Crippen molar-refractivity contribution in [3.8, 4) is 0 Å². The first kappa shape index (κ1) is 17.2. The molecule has 0 heterocycles. The number of benzene rings is 3. The second-order valence-electron chi connectivity index (χ2n) is 6.70. The highest BCUT2D eigenvalue weighted by Crippen LogP contribution is 2.27. The monoisotopic (exact) mass is 327 g/mol. The molecule has 0 saturated heterocycles. The van der Waals surface area contributed by atoms with Gasteiger partial charge < -0.3 is 0 Å². The molecule has 0 radical (unpaired) electrons. The SMILES string of the molecule is Cc1cc(C)c(C(C)N=C(c2ccccc2)c2ccccc2)c(C)c1. The van der Waals surface area contributed by atoms with Gasteiger partial charge in [0, 0.05) is 11.1 Å². The van der Waals surface area contributed by atoms with Crippen LogP contribution in [0, 0.1) is 20.8 Å². The van der Waals surface area contributed by atoms with E-state index in [2.05, 4.69) is 88.4 Å². The molecule has 0 spiro atoms. The zero-order valence-electron chi connectivity index (χ0n) is 15.5. The van der Waals surface area contributed by atoms with E-state index in [1.54, 1.807) is 0 Å². The number of hydrogen-bond acceptors (Lipinski definition) is 1. The van der Waals surface area contributed by atoms with Gasteiger partial charge in [-0.25, -0.2) is 0 Å². The standard InChI is InChI=1S/C24H25N/c1-17-15-18(2)23(19(3)16-17)20(4)25-24(21-11-7-5-8-12-21)22-13-9-6-10-14-22/h5-16,20H,1-4H3. The Morgan fingerprint density at radius 1 is 0.720 bits per heavy atom. The summed E-state index contributed by atoms with van der Waals surface area (Å²) in [4.78, 5) is 5.16. The first-order valence-corrected chi connectivity index (χ1v) is 8.82. The van der Waals surface area contributed by atoms with Gasteiger partial charge in [-0.1, -0.05) is 78.4 Å². The Balaban J connectivity index is 2.11. The first-order valence-electron chi connectivity index (χ1n) is 8.82. The number of hydrogen-bond donors (Lipinski definition) is 0. The molecular weight excluding hydrogens is 302 g/mol. The van der Waals surface area contributed by atoms with Crippen molar-refractivity contribution in [2.75, 3.05) is 0 Å². The predicted molar refractivity (Wildman–Crippen MR) is 108 cm³/mol. The Labute approximate surface area is 151 Å². The van der Waals surface area contributed by atoms with E-state index in [1.165, 1.54) is 22.3 Å². The molecule has 0 saturated carbocycles. The lowest BCUT2D eigenvalue weighted by Crippen LogP contribution is -2.07. The average molecular weight is 327 g/mol. The van der Waals surface area contributed by atoms with Gasteiger partial charge in [-0.3, -0.25) is 4.99 Å². The molecule has 3 rings (SSSR count). The summed E-state index contributed by atoms with van der Waals surface area (Å²) < 4.78 is 0. The zero-order chi connectivity index (χ0) is 17.8. The summed E-state index contributed by atoms with van der Waals surface area (Å²) in [7, 11) is 0. The summed E-state index contributed by atoms with van der Waals surface area (Å²) >= 11 is 0. The Morgan fingerprint density at radius 3 is 1.60 bits per heavy atom. The summed E-state index contributed by atoms with van der Waals surface area (Å²) in [6, 6.07) is 25.5. The highest BCUT2D eigenvalue weighted by molar-refractivity contribution is 6.13. The van der Waals surface area contributed by atoms with Crippen molar-refractivity contribution in [2.24, 2.45) is 4.99 Å². The quantitative estimate of drug-likeness (QED) is 0.505. The van der Waals surface area contributed by atoms with Gasteiger partial charge in [-0.2, -0.15) is 0 Å². The van der Waals surface area contributed by atoms with Crippen molar-refractivity contribution in [1.82, 2.24) is 0 Å². The van der Waals surface area contributed by atoms with Crippen LogP contribution in [0.4, 0.5) is 0 Å². The maximum absolute atomic E-state index is 5.16. The summed E-state index contributed by atoms with van der Waals surface area (Å²) in [5.41, 5.74) is 8.62. The minimum Gasteiger partial charge on any atom is -0.276 e. The molecule has 1 unspecified atom stereocenters. The van der Waals surface area contributed by atoms with Crippen LogP contribution in [-0.2, 0) is 0 Å². The third-order valence-electron chi connectivity index (χ3n) is 4.57. The molecule has 1 nitrogen and oxygen atoms in total. The van der Waals surface area contributed by atoms with Crippen LogP contribution in [-0.4, -0.2) is 5.71 Å². The Morgan fingerprint density at radius 2 is 1.16 bits per heavy atom. The average Bonchev–Trinajstić information content (AvgIpc) is 2.60. The van der Waals surface area contributed by atoms with Gasteiger partial charge in [-0.15, -0.1) is 0 Å². The summed E-state index contributed by atoms with van der Waals surface area (Å²) in [6.45, 7) is 8.71. The van der Waals surface area contributed by atoms with E-state index < -0.39 is 0 Å². The summed E-state index contributed by atoms with van der Waals surface area (Å²) in [6.07, 6.45) is 0. The number of nitrogens with zero attached hydrogens (tertiary/aromatic N) is 1. The van der Waals surface area contributed by atoms with Crippen molar-refractivity contribution >= 4 is 5.71 Å². The fourth-order valence-electron chi connectivity index (χ4n) is 3.62. The van der Waals surface area contributed by atoms with Gasteiger partial charge in [0.25, 0.3) is 0 Å². The lowest BCUT2D eigenvalue weighted by molar-refractivity contribution is 0.803. The molecule has 3 aromatic rings. The van der Waals surface area contributed by atoms with E-state index >= 15 is 0 Å². The van der Waals surface area contributed by atoms with Crippen molar-refractivity contribution in [3.05, 3.63) is 106 Å². The van der Waals surface area contributed by atoms with Gasteiger partial charge in [0.1, 0.15) is 0 Å². The molecular formula is C24H25N. The van der Waals surface area contributed by atoms with Crippen LogP contribution in [0.5, 0.6) is 0 Å². The summed E-state index contributed by atoms with van der Waals surface area (Å²) in [5.74, 6) is 0. The first-order chi connectivity index (χ1) is 12.1. The van der Waals surface area contributed by atoms with E-state index in [-0.39, 0.29) is 6.04 Å². The smallest absolute Gasteiger partial charge is 0.0733 e. The predicted octanol–water partition coefficient (Wildman–Crippen LogP) is 6.21. The fraction of sp³-hybridized carbons (Fsp3) is 0.208. The molecule has 1 heteroatoms. The molecule has 0 fully saturated rings. The molecule has 0 aromatic heterocycles. The van der Waals surface area contributed by atoms with Crippen LogP contribution in [0.2, 0.25) is 0 Å². The molecule has 0 aliphatic heterocycles. The molecule has 0 N–H and O–H groups in total. The van der Waals surface area contributed by atoms with E-state index in [0.717, 1.165) is 16.8 Å². The van der Waals surface area contributed by atoms with E-state index in [4.69, 9.17) is 4.99 Å². The third-order valence-corrected chi connectivity index (χ3v) is 4.57. The van der Waals surface area contributed by atoms with Crippen molar-refractivity contribution in [3.63, 3.8) is 0 Å². The zero-order valence-corrected chi connectivity index (χ0v) is 15.5. The highest BCUT2D eigenvalue weighted by Gasteiger charge is 2.14. The molecule has 25 heavy (non-hydrogen) atoms. The molecule has 126 valence electrons. The van der Waals surface area contributed by atoms with Gasteiger partial charge in [0.2, 0.25) is 0 Å². The molecule has 1 atom stereocenters. The van der Waals surface area contributed by atoms with Gasteiger partial charge in [-0.05, 0) is 44.4 Å². The Hall–Kier alpha value is -2.67. The maximum atomic E-state index is 5.16. The Bertz CT molecular complexity index is 812. The van der Waals surface area contributed by atoms with E-state index in [1.807, 2.05) is 12.1 Å². The normalized spacial score (nSPS) is 11.8. The van der Waals surface area contributed by atoms with Crippen molar-refractivity contribution in [1.29, 1.82) is 0 Å². The minimum atomic E-state index is 0.107. The minimum absolute atomic E-state index is 0.107. The fourth-order valence-corrected chi connectivity index (χ4v) is 3.62. The van der Waals surface area contributed by atoms with Crippen LogP contribution < -0.4 is 0 Å². The summed E-state index contributed by atoms with van der Waals surface area (Å²) in [5, 5.41) is 0. The second kappa shape index (κ2) is 7.48. The molecule has 0 aliphatic rings. The molecule has 0 bridgehead atoms. The van der Waals surface area contributed by atoms with Crippen LogP contribution >= 0.6 is 0 Å². The number of aryl methyl sites for hydroxylation is 3. The number of aliphatic imine (C=N–C) groups is 1.